The van der Waals surface area contributed by atoms with Crippen LogP contribution in [0.25, 0.3) is 11.4 Å². The Balaban J connectivity index is 1.61. The van der Waals surface area contributed by atoms with Crippen LogP contribution in [0.2, 0.25) is 0 Å². The first-order valence-corrected chi connectivity index (χ1v) is 8.91. The van der Waals surface area contributed by atoms with Crippen LogP contribution in [0.4, 0.5) is 0 Å². The number of rotatable bonds is 3. The molecule has 5 nitrogen and oxygen atoms in total. The number of hydrogen-bond acceptors (Lipinski definition) is 4. The molecule has 1 aromatic heterocycles. The van der Waals surface area contributed by atoms with Crippen molar-refractivity contribution in [2.75, 3.05) is 6.54 Å². The minimum absolute atomic E-state index is 0.0319. The van der Waals surface area contributed by atoms with Gasteiger partial charge in [-0.15, -0.1) is 0 Å². The van der Waals surface area contributed by atoms with Crippen LogP contribution >= 0.6 is 0 Å². The largest absolute Gasteiger partial charge is 0.337 e. The normalized spacial score (nSPS) is 16.8. The number of carbonyl (C=O) groups excluding carboxylic acids is 1. The van der Waals surface area contributed by atoms with E-state index in [1.807, 2.05) is 67.3 Å². The molecule has 1 amide bonds. The fourth-order valence-electron chi connectivity index (χ4n) is 3.55. The van der Waals surface area contributed by atoms with Crippen molar-refractivity contribution in [1.82, 2.24) is 15.0 Å². The predicted molar refractivity (Wildman–Crippen MR) is 98.7 cm³/mol. The third-order valence-electron chi connectivity index (χ3n) is 4.88. The first-order chi connectivity index (χ1) is 12.6. The number of hydrogen-bond donors (Lipinski definition) is 0. The molecule has 0 N–H and O–H groups in total. The molecule has 26 heavy (non-hydrogen) atoms. The predicted octanol–water partition coefficient (Wildman–Crippen LogP) is 4.33. The lowest BCUT2D eigenvalue weighted by molar-refractivity contribution is 0.0709. The molecule has 0 spiro atoms. The number of benzene rings is 2. The Morgan fingerprint density at radius 2 is 1.96 bits per heavy atom. The fourth-order valence-corrected chi connectivity index (χ4v) is 3.55. The van der Waals surface area contributed by atoms with E-state index in [4.69, 9.17) is 4.52 Å². The quantitative estimate of drug-likeness (QED) is 0.707. The minimum atomic E-state index is -0.159. The molecule has 4 rings (SSSR count). The Morgan fingerprint density at radius 3 is 2.73 bits per heavy atom. The number of aryl methyl sites for hydroxylation is 2. The van der Waals surface area contributed by atoms with Gasteiger partial charge in [0.25, 0.3) is 5.91 Å². The molecule has 0 radical (unpaired) electrons. The maximum absolute atomic E-state index is 13.1. The van der Waals surface area contributed by atoms with Crippen molar-refractivity contribution in [3.8, 4) is 11.4 Å². The van der Waals surface area contributed by atoms with Crippen LogP contribution in [-0.4, -0.2) is 27.5 Å². The topological polar surface area (TPSA) is 59.2 Å². The van der Waals surface area contributed by atoms with Gasteiger partial charge in [-0.1, -0.05) is 53.2 Å². The Kier molecular flexibility index (Phi) is 4.29. The van der Waals surface area contributed by atoms with Gasteiger partial charge in [0.15, 0.2) is 0 Å². The molecule has 2 aromatic carbocycles. The molecule has 1 atom stereocenters. The highest BCUT2D eigenvalue weighted by Gasteiger charge is 2.35. The van der Waals surface area contributed by atoms with Crippen molar-refractivity contribution in [2.24, 2.45) is 0 Å². The summed E-state index contributed by atoms with van der Waals surface area (Å²) in [5.41, 5.74) is 3.80. The summed E-state index contributed by atoms with van der Waals surface area (Å²) in [4.78, 5) is 19.5. The molecule has 0 aliphatic carbocycles. The average Bonchev–Trinajstić information content (AvgIpc) is 3.31. The second kappa shape index (κ2) is 6.75. The first-order valence-electron chi connectivity index (χ1n) is 8.91. The van der Waals surface area contributed by atoms with E-state index in [2.05, 4.69) is 10.1 Å². The molecule has 132 valence electrons. The Hall–Kier alpha value is -2.95. The van der Waals surface area contributed by atoms with Crippen LogP contribution in [0.15, 0.2) is 53.1 Å². The highest BCUT2D eigenvalue weighted by atomic mass is 16.5. The van der Waals surface area contributed by atoms with Crippen LogP contribution in [0, 0.1) is 13.8 Å². The van der Waals surface area contributed by atoms with Crippen molar-refractivity contribution < 1.29 is 9.32 Å². The summed E-state index contributed by atoms with van der Waals surface area (Å²) in [5, 5.41) is 4.10. The molecule has 5 heteroatoms. The molecule has 1 fully saturated rings. The smallest absolute Gasteiger partial charge is 0.254 e. The zero-order valence-corrected chi connectivity index (χ0v) is 15.0. The SMILES string of the molecule is Cc1ccc(C(=O)N2CCCC2c2nc(-c3ccccc3)no2)c(C)c1. The van der Waals surface area contributed by atoms with Gasteiger partial charge in [-0.05, 0) is 38.3 Å². The van der Waals surface area contributed by atoms with Crippen LogP contribution in [0.1, 0.15) is 46.3 Å². The molecule has 0 bridgehead atoms. The van der Waals surface area contributed by atoms with Gasteiger partial charge < -0.3 is 9.42 Å². The zero-order chi connectivity index (χ0) is 18.1. The molecule has 1 saturated heterocycles. The van der Waals surface area contributed by atoms with E-state index in [0.29, 0.717) is 18.3 Å². The van der Waals surface area contributed by atoms with Crippen molar-refractivity contribution in [2.45, 2.75) is 32.7 Å². The van der Waals surface area contributed by atoms with E-state index in [9.17, 15) is 4.79 Å². The van der Waals surface area contributed by atoms with Gasteiger partial charge in [0, 0.05) is 17.7 Å². The van der Waals surface area contributed by atoms with Crippen molar-refractivity contribution in [3.05, 3.63) is 71.1 Å². The van der Waals surface area contributed by atoms with E-state index < -0.39 is 0 Å². The van der Waals surface area contributed by atoms with Gasteiger partial charge in [-0.3, -0.25) is 4.79 Å². The number of amides is 1. The number of carbonyl (C=O) groups is 1. The van der Waals surface area contributed by atoms with Crippen LogP contribution < -0.4 is 0 Å². The first kappa shape index (κ1) is 16.5. The second-order valence-electron chi connectivity index (χ2n) is 6.80. The Bertz CT molecular complexity index is 933. The molecule has 1 aliphatic rings. The van der Waals surface area contributed by atoms with Crippen LogP contribution in [0.3, 0.4) is 0 Å². The second-order valence-corrected chi connectivity index (χ2v) is 6.80. The lowest BCUT2D eigenvalue weighted by Gasteiger charge is -2.22. The van der Waals surface area contributed by atoms with E-state index in [0.717, 1.165) is 35.1 Å². The fraction of sp³-hybridized carbons (Fsp3) is 0.286. The van der Waals surface area contributed by atoms with Gasteiger partial charge in [-0.2, -0.15) is 4.98 Å². The molecular weight excluding hydrogens is 326 g/mol. The molecule has 0 saturated carbocycles. The number of likely N-dealkylation sites (tertiary alicyclic amines) is 1. The lowest BCUT2D eigenvalue weighted by atomic mass is 10.0. The summed E-state index contributed by atoms with van der Waals surface area (Å²) in [5.74, 6) is 1.11. The standard InChI is InChI=1S/C21H21N3O2/c1-14-10-11-17(15(2)13-14)21(25)24-12-6-9-18(24)20-22-19(23-26-20)16-7-4-3-5-8-16/h3-5,7-8,10-11,13,18H,6,9,12H2,1-2H3. The molecule has 2 heterocycles. The van der Waals surface area contributed by atoms with Gasteiger partial charge in [0.05, 0.1) is 0 Å². The van der Waals surface area contributed by atoms with E-state index in [-0.39, 0.29) is 11.9 Å². The Morgan fingerprint density at radius 1 is 1.15 bits per heavy atom. The van der Waals surface area contributed by atoms with E-state index in [1.54, 1.807) is 0 Å². The monoisotopic (exact) mass is 347 g/mol. The van der Waals surface area contributed by atoms with Gasteiger partial charge in [-0.25, -0.2) is 0 Å². The van der Waals surface area contributed by atoms with Gasteiger partial charge in [0.2, 0.25) is 11.7 Å². The summed E-state index contributed by atoms with van der Waals surface area (Å²) in [6, 6.07) is 15.5. The molecule has 1 aliphatic heterocycles. The third-order valence-corrected chi connectivity index (χ3v) is 4.88. The summed E-state index contributed by atoms with van der Waals surface area (Å²) >= 11 is 0. The third kappa shape index (κ3) is 3.01. The molecular formula is C21H21N3O2. The van der Waals surface area contributed by atoms with Gasteiger partial charge >= 0.3 is 0 Å². The number of aromatic nitrogens is 2. The average molecular weight is 347 g/mol. The van der Waals surface area contributed by atoms with E-state index in [1.165, 1.54) is 0 Å². The van der Waals surface area contributed by atoms with Crippen molar-refractivity contribution >= 4 is 5.91 Å². The summed E-state index contributed by atoms with van der Waals surface area (Å²) < 4.78 is 5.51. The summed E-state index contributed by atoms with van der Waals surface area (Å²) in [6.45, 7) is 4.72. The molecule has 3 aromatic rings. The van der Waals surface area contributed by atoms with Crippen LogP contribution in [-0.2, 0) is 0 Å². The van der Waals surface area contributed by atoms with Gasteiger partial charge in [0.1, 0.15) is 6.04 Å². The van der Waals surface area contributed by atoms with Crippen molar-refractivity contribution in [1.29, 1.82) is 0 Å². The maximum Gasteiger partial charge on any atom is 0.254 e. The Labute approximate surface area is 152 Å². The summed E-state index contributed by atoms with van der Waals surface area (Å²) in [7, 11) is 0. The van der Waals surface area contributed by atoms with Crippen molar-refractivity contribution in [3.63, 3.8) is 0 Å². The highest BCUT2D eigenvalue weighted by molar-refractivity contribution is 5.96. The van der Waals surface area contributed by atoms with Crippen LogP contribution in [0.5, 0.6) is 0 Å². The minimum Gasteiger partial charge on any atom is -0.337 e. The van der Waals surface area contributed by atoms with E-state index >= 15 is 0 Å². The highest BCUT2D eigenvalue weighted by Crippen LogP contribution is 2.33. The zero-order valence-electron chi connectivity index (χ0n) is 15.0. The lowest BCUT2D eigenvalue weighted by Crippen LogP contribution is -2.31. The molecule has 1 unspecified atom stereocenters. The maximum atomic E-state index is 13.1. The summed E-state index contributed by atoms with van der Waals surface area (Å²) in [6.07, 6.45) is 1.78. The number of nitrogens with zero attached hydrogens (tertiary/aromatic N) is 3.